The molecule has 0 fully saturated rings. The lowest BCUT2D eigenvalue weighted by Crippen LogP contribution is -2.35. The Bertz CT molecular complexity index is 824. The Morgan fingerprint density at radius 1 is 1.22 bits per heavy atom. The van der Waals surface area contributed by atoms with Gasteiger partial charge in [0.2, 0.25) is 21.5 Å². The molecular weight excluding hydrogens is 369 g/mol. The van der Waals surface area contributed by atoms with Crippen LogP contribution in [0.25, 0.3) is 0 Å². The lowest BCUT2D eigenvalue weighted by Gasteiger charge is -2.08. The molecule has 0 saturated heterocycles. The first-order valence-electron chi connectivity index (χ1n) is 6.12. The molecule has 1 amide bonds. The zero-order valence-electron chi connectivity index (χ0n) is 11.4. The molecule has 1 heterocycles. The fraction of sp³-hybridized carbons (Fsp3) is 0.182. The van der Waals surface area contributed by atoms with E-state index in [0.29, 0.717) is 0 Å². The van der Waals surface area contributed by atoms with E-state index in [-0.39, 0.29) is 39.5 Å². The summed E-state index contributed by atoms with van der Waals surface area (Å²) < 4.78 is 30.7. The molecule has 0 aliphatic heterocycles. The van der Waals surface area contributed by atoms with Crippen molar-refractivity contribution in [2.45, 2.75) is 4.90 Å². The molecule has 1 aromatic carbocycles. The maximum absolute atomic E-state index is 12.0. The summed E-state index contributed by atoms with van der Waals surface area (Å²) in [5.41, 5.74) is 5.19. The number of rotatable bonds is 6. The third kappa shape index (κ3) is 4.32. The molecule has 0 spiro atoms. The quantitative estimate of drug-likeness (QED) is 0.626. The largest absolute Gasteiger partial charge is 0.379 e. The van der Waals surface area contributed by atoms with Crippen molar-refractivity contribution >= 4 is 45.0 Å². The van der Waals surface area contributed by atoms with Gasteiger partial charge in [-0.05, 0) is 28.5 Å². The van der Waals surface area contributed by atoms with Crippen molar-refractivity contribution in [3.63, 3.8) is 0 Å². The van der Waals surface area contributed by atoms with Gasteiger partial charge in [0.05, 0.1) is 14.9 Å². The van der Waals surface area contributed by atoms with Crippen LogP contribution in [0.2, 0.25) is 10.0 Å². The summed E-state index contributed by atoms with van der Waals surface area (Å²) in [7, 11) is -3.78. The predicted molar refractivity (Wildman–Crippen MR) is 82.7 cm³/mol. The number of carbonyl (C=O) groups is 1. The third-order valence-electron chi connectivity index (χ3n) is 2.63. The van der Waals surface area contributed by atoms with E-state index in [2.05, 4.69) is 25.0 Å². The van der Waals surface area contributed by atoms with Gasteiger partial charge in [0.25, 0.3) is 5.91 Å². The molecule has 0 unspecified atom stereocenters. The number of benzene rings is 1. The lowest BCUT2D eigenvalue weighted by atomic mass is 10.4. The normalized spacial score (nSPS) is 11.4. The molecule has 0 atom stereocenters. The van der Waals surface area contributed by atoms with E-state index < -0.39 is 15.9 Å². The van der Waals surface area contributed by atoms with Gasteiger partial charge in [-0.25, -0.2) is 17.8 Å². The fourth-order valence-electron chi connectivity index (χ4n) is 1.53. The van der Waals surface area contributed by atoms with E-state index in [1.165, 1.54) is 18.2 Å². The fourth-order valence-corrected chi connectivity index (χ4v) is 2.95. The number of anilines is 1. The van der Waals surface area contributed by atoms with E-state index in [9.17, 15) is 13.2 Å². The standard InChI is InChI=1S/C11H11Cl2N5O4S/c12-7-2-1-6(5-8(7)13)23(20,21)16-4-3-15-11(19)9-10(14)18-22-17-9/h1-2,5,16H,3-4H2,(H2,14,18)(H,15,19). The summed E-state index contributed by atoms with van der Waals surface area (Å²) in [5.74, 6) is -0.781. The molecule has 4 N–H and O–H groups in total. The van der Waals surface area contributed by atoms with Crippen LogP contribution in [0.5, 0.6) is 0 Å². The van der Waals surface area contributed by atoms with Crippen LogP contribution in [-0.2, 0) is 10.0 Å². The number of nitrogens with zero attached hydrogens (tertiary/aromatic N) is 2. The predicted octanol–water partition coefficient (Wildman–Crippen LogP) is 0.667. The molecule has 124 valence electrons. The molecule has 2 rings (SSSR count). The Morgan fingerprint density at radius 3 is 2.57 bits per heavy atom. The topological polar surface area (TPSA) is 140 Å². The Labute approximate surface area is 141 Å². The van der Waals surface area contributed by atoms with E-state index in [4.69, 9.17) is 28.9 Å². The Kier molecular flexibility index (Phi) is 5.42. The van der Waals surface area contributed by atoms with E-state index >= 15 is 0 Å². The molecule has 1 aromatic heterocycles. The summed E-state index contributed by atoms with van der Waals surface area (Å²) >= 11 is 11.5. The molecule has 2 aromatic rings. The average molecular weight is 380 g/mol. The summed E-state index contributed by atoms with van der Waals surface area (Å²) in [4.78, 5) is 11.6. The second-order valence-corrected chi connectivity index (χ2v) is 6.81. The first-order valence-corrected chi connectivity index (χ1v) is 8.36. The van der Waals surface area contributed by atoms with E-state index in [1.54, 1.807) is 0 Å². The van der Waals surface area contributed by atoms with Gasteiger partial charge in [0.15, 0.2) is 0 Å². The van der Waals surface area contributed by atoms with Gasteiger partial charge in [-0.3, -0.25) is 4.79 Å². The molecular formula is C11H11Cl2N5O4S. The van der Waals surface area contributed by atoms with Crippen LogP contribution in [0.4, 0.5) is 5.82 Å². The van der Waals surface area contributed by atoms with Gasteiger partial charge < -0.3 is 11.1 Å². The highest BCUT2D eigenvalue weighted by Gasteiger charge is 2.17. The van der Waals surface area contributed by atoms with Crippen molar-refractivity contribution in [2.75, 3.05) is 18.8 Å². The minimum atomic E-state index is -3.78. The smallest absolute Gasteiger partial charge is 0.277 e. The van der Waals surface area contributed by atoms with Gasteiger partial charge in [0.1, 0.15) is 0 Å². The minimum absolute atomic E-state index is 0.00564. The third-order valence-corrected chi connectivity index (χ3v) is 4.83. The number of sulfonamides is 1. The molecule has 0 aliphatic carbocycles. The minimum Gasteiger partial charge on any atom is -0.379 e. The summed E-state index contributed by atoms with van der Waals surface area (Å²) in [6, 6.07) is 3.92. The number of nitrogens with two attached hydrogens (primary N) is 1. The van der Waals surface area contributed by atoms with Crippen LogP contribution in [0, 0.1) is 0 Å². The number of hydrogen-bond acceptors (Lipinski definition) is 7. The Hall–Kier alpha value is -1.88. The van der Waals surface area contributed by atoms with Crippen molar-refractivity contribution in [3.8, 4) is 0 Å². The first kappa shape index (κ1) is 17.5. The Morgan fingerprint density at radius 2 is 1.96 bits per heavy atom. The first-order chi connectivity index (χ1) is 10.8. The second kappa shape index (κ2) is 7.13. The van der Waals surface area contributed by atoms with Crippen LogP contribution in [0.15, 0.2) is 27.7 Å². The number of nitrogens with one attached hydrogen (secondary N) is 2. The average Bonchev–Trinajstić information content (AvgIpc) is 2.92. The van der Waals surface area contributed by atoms with Gasteiger partial charge in [-0.15, -0.1) is 0 Å². The van der Waals surface area contributed by atoms with Crippen LogP contribution < -0.4 is 15.8 Å². The number of nitrogen functional groups attached to an aromatic ring is 1. The number of aromatic nitrogens is 2. The number of carbonyl (C=O) groups excluding carboxylic acids is 1. The molecule has 0 radical (unpaired) electrons. The van der Waals surface area contributed by atoms with Crippen LogP contribution in [0.1, 0.15) is 10.5 Å². The van der Waals surface area contributed by atoms with E-state index in [1.807, 2.05) is 0 Å². The van der Waals surface area contributed by atoms with Crippen molar-refractivity contribution in [2.24, 2.45) is 0 Å². The SMILES string of the molecule is Nc1nonc1C(=O)NCCNS(=O)(=O)c1ccc(Cl)c(Cl)c1. The molecule has 23 heavy (non-hydrogen) atoms. The molecule has 0 bridgehead atoms. The van der Waals surface area contributed by atoms with Crippen LogP contribution in [-0.4, -0.2) is 37.7 Å². The maximum Gasteiger partial charge on any atom is 0.277 e. The van der Waals surface area contributed by atoms with Crippen LogP contribution >= 0.6 is 23.2 Å². The molecule has 12 heteroatoms. The van der Waals surface area contributed by atoms with Gasteiger partial charge in [-0.2, -0.15) is 0 Å². The van der Waals surface area contributed by atoms with Crippen LogP contribution in [0.3, 0.4) is 0 Å². The lowest BCUT2D eigenvalue weighted by molar-refractivity contribution is 0.0945. The number of halogens is 2. The highest BCUT2D eigenvalue weighted by Crippen LogP contribution is 2.24. The molecule has 9 nitrogen and oxygen atoms in total. The zero-order chi connectivity index (χ0) is 17.0. The highest BCUT2D eigenvalue weighted by atomic mass is 35.5. The van der Waals surface area contributed by atoms with Gasteiger partial charge in [-0.1, -0.05) is 23.2 Å². The van der Waals surface area contributed by atoms with Crippen molar-refractivity contribution in [3.05, 3.63) is 33.9 Å². The van der Waals surface area contributed by atoms with Crippen molar-refractivity contribution < 1.29 is 17.8 Å². The zero-order valence-corrected chi connectivity index (χ0v) is 13.7. The van der Waals surface area contributed by atoms with Crippen molar-refractivity contribution in [1.29, 1.82) is 0 Å². The summed E-state index contributed by atoms with van der Waals surface area (Å²) in [5, 5.41) is 9.36. The van der Waals surface area contributed by atoms with Gasteiger partial charge in [0, 0.05) is 13.1 Å². The molecule has 0 saturated carbocycles. The monoisotopic (exact) mass is 379 g/mol. The van der Waals surface area contributed by atoms with E-state index in [0.717, 1.165) is 0 Å². The highest BCUT2D eigenvalue weighted by molar-refractivity contribution is 7.89. The van der Waals surface area contributed by atoms with Crippen molar-refractivity contribution in [1.82, 2.24) is 20.4 Å². The number of hydrogen-bond donors (Lipinski definition) is 3. The Balaban J connectivity index is 1.89. The second-order valence-electron chi connectivity index (χ2n) is 4.23. The number of amides is 1. The maximum atomic E-state index is 12.0. The molecule has 0 aliphatic rings. The summed E-state index contributed by atoms with van der Waals surface area (Å²) in [6.45, 7) is -0.0504. The van der Waals surface area contributed by atoms with Gasteiger partial charge >= 0.3 is 0 Å². The summed E-state index contributed by atoms with van der Waals surface area (Å²) in [6.07, 6.45) is 0.